The van der Waals surface area contributed by atoms with E-state index in [2.05, 4.69) is 10.2 Å². The van der Waals surface area contributed by atoms with Gasteiger partial charge in [0.15, 0.2) is 0 Å². The first kappa shape index (κ1) is 15.6. The largest absolute Gasteiger partial charge is 0.342 e. The fourth-order valence-electron chi connectivity index (χ4n) is 5.21. The number of rotatable bonds is 2. The predicted octanol–water partition coefficient (Wildman–Crippen LogP) is 2.84. The quantitative estimate of drug-likeness (QED) is 0.850. The molecule has 3 nitrogen and oxygen atoms in total. The summed E-state index contributed by atoms with van der Waals surface area (Å²) in [5, 5.41) is 3.64. The minimum atomic E-state index is 0. The Balaban J connectivity index is 0.00000132. The second-order valence-corrected chi connectivity index (χ2v) is 7.50. The lowest BCUT2D eigenvalue weighted by atomic mass is 9.88. The van der Waals surface area contributed by atoms with Gasteiger partial charge in [-0.15, -0.1) is 12.4 Å². The molecule has 3 unspecified atom stereocenters. The highest BCUT2D eigenvalue weighted by atomic mass is 35.5. The van der Waals surface area contributed by atoms with Crippen molar-refractivity contribution in [1.29, 1.82) is 0 Å². The van der Waals surface area contributed by atoms with Gasteiger partial charge in [-0.2, -0.15) is 0 Å². The molecule has 0 aromatic heterocycles. The summed E-state index contributed by atoms with van der Waals surface area (Å²) in [6.07, 6.45) is 10.5. The number of hydrogen-bond donors (Lipinski definition) is 1. The summed E-state index contributed by atoms with van der Waals surface area (Å²) in [7, 11) is 0. The van der Waals surface area contributed by atoms with Crippen molar-refractivity contribution >= 4 is 18.3 Å². The predicted molar refractivity (Wildman–Crippen MR) is 86.5 cm³/mol. The van der Waals surface area contributed by atoms with Gasteiger partial charge in [0, 0.05) is 25.0 Å². The van der Waals surface area contributed by atoms with Gasteiger partial charge in [0.1, 0.15) is 0 Å². The topological polar surface area (TPSA) is 32.3 Å². The van der Waals surface area contributed by atoms with Crippen molar-refractivity contribution in [2.75, 3.05) is 19.6 Å². The highest BCUT2D eigenvalue weighted by Crippen LogP contribution is 2.56. The van der Waals surface area contributed by atoms with Gasteiger partial charge < -0.3 is 10.2 Å². The van der Waals surface area contributed by atoms with Gasteiger partial charge in [0.2, 0.25) is 5.91 Å². The van der Waals surface area contributed by atoms with Crippen LogP contribution in [0.5, 0.6) is 0 Å². The van der Waals surface area contributed by atoms with Crippen LogP contribution in [-0.2, 0) is 4.79 Å². The summed E-state index contributed by atoms with van der Waals surface area (Å²) in [6.45, 7) is 3.25. The van der Waals surface area contributed by atoms with Gasteiger partial charge in [-0.3, -0.25) is 4.79 Å². The molecule has 1 amide bonds. The second-order valence-electron chi connectivity index (χ2n) is 7.50. The Bertz CT molecular complexity index is 363. The van der Waals surface area contributed by atoms with E-state index < -0.39 is 0 Å². The Labute approximate surface area is 134 Å². The second kappa shape index (κ2) is 6.45. The summed E-state index contributed by atoms with van der Waals surface area (Å²) in [6, 6.07) is 0.746. The molecule has 1 N–H and O–H groups in total. The Hall–Kier alpha value is -0.280. The molecule has 0 aromatic rings. The molecule has 0 spiro atoms. The third-order valence-corrected chi connectivity index (χ3v) is 6.46. The van der Waals surface area contributed by atoms with E-state index in [1.165, 1.54) is 57.9 Å². The zero-order valence-electron chi connectivity index (χ0n) is 12.9. The molecule has 2 heterocycles. The third-order valence-electron chi connectivity index (χ3n) is 6.46. The van der Waals surface area contributed by atoms with Crippen LogP contribution >= 0.6 is 12.4 Å². The standard InChI is InChI=1S/C17H28N2O.ClH/c20-17(16-13-4-1-2-5-14(13)16)19-10-7-12(8-11-19)15-6-3-9-18-15;/h12-16,18H,1-11H2;1H. The third kappa shape index (κ3) is 2.96. The van der Waals surface area contributed by atoms with E-state index in [4.69, 9.17) is 0 Å². The van der Waals surface area contributed by atoms with Crippen molar-refractivity contribution in [2.45, 2.75) is 57.4 Å². The zero-order chi connectivity index (χ0) is 13.5. The van der Waals surface area contributed by atoms with Crippen LogP contribution < -0.4 is 5.32 Å². The maximum absolute atomic E-state index is 12.7. The number of halogens is 1. The number of piperidine rings is 1. The van der Waals surface area contributed by atoms with Gasteiger partial charge in [0.05, 0.1) is 0 Å². The van der Waals surface area contributed by atoms with Crippen molar-refractivity contribution in [2.24, 2.45) is 23.7 Å². The van der Waals surface area contributed by atoms with E-state index >= 15 is 0 Å². The van der Waals surface area contributed by atoms with Crippen LogP contribution in [0.1, 0.15) is 51.4 Å². The van der Waals surface area contributed by atoms with Gasteiger partial charge >= 0.3 is 0 Å². The highest BCUT2D eigenvalue weighted by Gasteiger charge is 2.55. The van der Waals surface area contributed by atoms with Gasteiger partial charge in [-0.1, -0.05) is 12.8 Å². The van der Waals surface area contributed by atoms with E-state index in [9.17, 15) is 4.79 Å². The minimum Gasteiger partial charge on any atom is -0.342 e. The van der Waals surface area contributed by atoms with Crippen LogP contribution in [0.4, 0.5) is 0 Å². The summed E-state index contributed by atoms with van der Waals surface area (Å²) < 4.78 is 0. The first-order valence-electron chi connectivity index (χ1n) is 8.87. The summed E-state index contributed by atoms with van der Waals surface area (Å²) in [4.78, 5) is 14.9. The van der Waals surface area contributed by atoms with E-state index in [1.54, 1.807) is 0 Å². The van der Waals surface area contributed by atoms with Crippen LogP contribution in [0.15, 0.2) is 0 Å². The van der Waals surface area contributed by atoms with E-state index in [1.807, 2.05) is 0 Å². The maximum atomic E-state index is 12.7. The Morgan fingerprint density at radius 3 is 2.14 bits per heavy atom. The number of likely N-dealkylation sites (tertiary alicyclic amines) is 1. The molecule has 2 aliphatic carbocycles. The Kier molecular flexibility index (Phi) is 4.80. The number of hydrogen-bond acceptors (Lipinski definition) is 2. The lowest BCUT2D eigenvalue weighted by Crippen LogP contribution is -2.44. The van der Waals surface area contributed by atoms with Crippen LogP contribution in [0.25, 0.3) is 0 Å². The summed E-state index contributed by atoms with van der Waals surface area (Å²) in [5.74, 6) is 3.30. The average Bonchev–Trinajstić information content (AvgIpc) is 2.96. The first-order chi connectivity index (χ1) is 9.84. The van der Waals surface area contributed by atoms with Crippen molar-refractivity contribution in [3.05, 3.63) is 0 Å². The van der Waals surface area contributed by atoms with Crippen molar-refractivity contribution in [3.8, 4) is 0 Å². The molecule has 4 fully saturated rings. The monoisotopic (exact) mass is 312 g/mol. The van der Waals surface area contributed by atoms with Crippen molar-refractivity contribution in [3.63, 3.8) is 0 Å². The molecule has 0 radical (unpaired) electrons. The molecule has 0 aromatic carbocycles. The lowest BCUT2D eigenvalue weighted by Gasteiger charge is -2.35. The number of nitrogens with one attached hydrogen (secondary N) is 1. The SMILES string of the molecule is Cl.O=C(C1C2CCCCC21)N1CCC(C2CCCN2)CC1. The number of amides is 1. The maximum Gasteiger partial charge on any atom is 0.226 e. The van der Waals surface area contributed by atoms with Gasteiger partial charge in [0.25, 0.3) is 0 Å². The lowest BCUT2D eigenvalue weighted by molar-refractivity contribution is -0.134. The van der Waals surface area contributed by atoms with E-state index in [0.717, 1.165) is 36.9 Å². The summed E-state index contributed by atoms with van der Waals surface area (Å²) >= 11 is 0. The molecule has 2 aliphatic heterocycles. The zero-order valence-corrected chi connectivity index (χ0v) is 13.7. The van der Waals surface area contributed by atoms with Crippen LogP contribution in [0.2, 0.25) is 0 Å². The molecular formula is C17H29ClN2O. The van der Waals surface area contributed by atoms with E-state index in [0.29, 0.717) is 11.8 Å². The minimum absolute atomic E-state index is 0. The average molecular weight is 313 g/mol. The normalized spacial score (nSPS) is 39.5. The smallest absolute Gasteiger partial charge is 0.226 e. The van der Waals surface area contributed by atoms with Gasteiger partial charge in [-0.25, -0.2) is 0 Å². The molecule has 2 saturated carbocycles. The van der Waals surface area contributed by atoms with Crippen molar-refractivity contribution in [1.82, 2.24) is 10.2 Å². The number of fused-ring (bicyclic) bond motifs is 1. The fraction of sp³-hybridized carbons (Fsp3) is 0.941. The van der Waals surface area contributed by atoms with E-state index in [-0.39, 0.29) is 12.4 Å². The van der Waals surface area contributed by atoms with Crippen molar-refractivity contribution < 1.29 is 4.79 Å². The fourth-order valence-corrected chi connectivity index (χ4v) is 5.21. The highest BCUT2D eigenvalue weighted by molar-refractivity contribution is 5.85. The molecule has 2 saturated heterocycles. The van der Waals surface area contributed by atoms with Gasteiger partial charge in [-0.05, 0) is 62.8 Å². The number of carbonyl (C=O) groups excluding carboxylic acids is 1. The van der Waals surface area contributed by atoms with Crippen LogP contribution in [0.3, 0.4) is 0 Å². The summed E-state index contributed by atoms with van der Waals surface area (Å²) in [5.41, 5.74) is 0. The van der Waals surface area contributed by atoms with Crippen LogP contribution in [-0.4, -0.2) is 36.5 Å². The molecule has 4 aliphatic rings. The molecule has 4 heteroatoms. The number of nitrogens with zero attached hydrogens (tertiary/aromatic N) is 1. The molecule has 4 rings (SSSR count). The first-order valence-corrected chi connectivity index (χ1v) is 8.87. The van der Waals surface area contributed by atoms with Crippen LogP contribution in [0, 0.1) is 23.7 Å². The Morgan fingerprint density at radius 2 is 1.57 bits per heavy atom. The molecule has 21 heavy (non-hydrogen) atoms. The molecule has 0 bridgehead atoms. The Morgan fingerprint density at radius 1 is 0.905 bits per heavy atom. The molecular weight excluding hydrogens is 284 g/mol. The molecule has 120 valence electrons. The number of carbonyl (C=O) groups is 1. The molecule has 3 atom stereocenters.